The van der Waals surface area contributed by atoms with Crippen LogP contribution in [0.25, 0.3) is 0 Å². The fourth-order valence-corrected chi connectivity index (χ4v) is 0.622. The quantitative estimate of drug-likeness (QED) is 0.486. The molecule has 0 aliphatic carbocycles. The zero-order valence-electron chi connectivity index (χ0n) is 7.13. The third-order valence-electron chi connectivity index (χ3n) is 1.84. The van der Waals surface area contributed by atoms with Gasteiger partial charge in [-0.25, -0.2) is 4.79 Å². The SMILES string of the molecule is C=C[C@H](C)[C@](C)(O)C(=O)OC. The summed E-state index contributed by atoms with van der Waals surface area (Å²) >= 11 is 0. The summed E-state index contributed by atoms with van der Waals surface area (Å²) in [4.78, 5) is 10.9. The van der Waals surface area contributed by atoms with Gasteiger partial charge in [0.25, 0.3) is 0 Å². The molecule has 0 heterocycles. The minimum Gasteiger partial charge on any atom is -0.467 e. The van der Waals surface area contributed by atoms with Gasteiger partial charge in [-0.2, -0.15) is 0 Å². The average Bonchev–Trinajstić information content (AvgIpc) is 2.01. The van der Waals surface area contributed by atoms with E-state index in [9.17, 15) is 9.90 Å². The molecule has 0 unspecified atom stereocenters. The van der Waals surface area contributed by atoms with Gasteiger partial charge in [-0.3, -0.25) is 0 Å². The largest absolute Gasteiger partial charge is 0.467 e. The van der Waals surface area contributed by atoms with Crippen LogP contribution in [0.5, 0.6) is 0 Å². The van der Waals surface area contributed by atoms with Crippen molar-refractivity contribution in [3.63, 3.8) is 0 Å². The number of esters is 1. The molecule has 3 nitrogen and oxygen atoms in total. The van der Waals surface area contributed by atoms with E-state index in [1.807, 2.05) is 0 Å². The molecule has 0 aromatic carbocycles. The predicted molar refractivity (Wildman–Crippen MR) is 42.0 cm³/mol. The smallest absolute Gasteiger partial charge is 0.338 e. The molecule has 0 saturated carbocycles. The van der Waals surface area contributed by atoms with Gasteiger partial charge in [0, 0.05) is 5.92 Å². The van der Waals surface area contributed by atoms with Crippen LogP contribution >= 0.6 is 0 Å². The number of hydrogen-bond donors (Lipinski definition) is 1. The summed E-state index contributed by atoms with van der Waals surface area (Å²) in [5, 5.41) is 9.51. The molecule has 11 heavy (non-hydrogen) atoms. The van der Waals surface area contributed by atoms with E-state index < -0.39 is 11.6 Å². The molecule has 3 heteroatoms. The molecular formula is C8H14O3. The van der Waals surface area contributed by atoms with Crippen molar-refractivity contribution in [2.24, 2.45) is 5.92 Å². The maximum atomic E-state index is 10.9. The Morgan fingerprint density at radius 2 is 2.27 bits per heavy atom. The Hall–Kier alpha value is -0.830. The second-order valence-electron chi connectivity index (χ2n) is 2.66. The molecule has 0 spiro atoms. The molecule has 0 amide bonds. The summed E-state index contributed by atoms with van der Waals surface area (Å²) in [5.41, 5.74) is -1.46. The van der Waals surface area contributed by atoms with Crippen molar-refractivity contribution < 1.29 is 14.6 Å². The number of aliphatic hydroxyl groups is 1. The number of rotatable bonds is 3. The van der Waals surface area contributed by atoms with E-state index in [4.69, 9.17) is 0 Å². The first-order chi connectivity index (χ1) is 4.96. The molecule has 0 aliphatic rings. The number of ether oxygens (including phenoxy) is 1. The van der Waals surface area contributed by atoms with E-state index in [1.54, 1.807) is 6.92 Å². The highest BCUT2D eigenvalue weighted by atomic mass is 16.5. The predicted octanol–water partition coefficient (Wildman–Crippen LogP) is 0.732. The topological polar surface area (TPSA) is 46.5 Å². The lowest BCUT2D eigenvalue weighted by atomic mass is 9.91. The van der Waals surface area contributed by atoms with Crippen LogP contribution in [0.3, 0.4) is 0 Å². The Labute approximate surface area is 66.7 Å². The molecule has 0 aromatic heterocycles. The van der Waals surface area contributed by atoms with E-state index in [-0.39, 0.29) is 5.92 Å². The fourth-order valence-electron chi connectivity index (χ4n) is 0.622. The van der Waals surface area contributed by atoms with Gasteiger partial charge in [0.15, 0.2) is 5.60 Å². The second-order valence-corrected chi connectivity index (χ2v) is 2.66. The van der Waals surface area contributed by atoms with Gasteiger partial charge >= 0.3 is 5.97 Å². The van der Waals surface area contributed by atoms with Crippen LogP contribution in [0.15, 0.2) is 12.7 Å². The third kappa shape index (κ3) is 2.05. The van der Waals surface area contributed by atoms with Crippen LogP contribution in [0.4, 0.5) is 0 Å². The Morgan fingerprint density at radius 1 is 1.82 bits per heavy atom. The van der Waals surface area contributed by atoms with Crippen molar-refractivity contribution in [2.75, 3.05) is 7.11 Å². The Bertz CT molecular complexity index is 161. The number of methoxy groups -OCH3 is 1. The van der Waals surface area contributed by atoms with E-state index in [2.05, 4.69) is 11.3 Å². The van der Waals surface area contributed by atoms with Gasteiger partial charge in [-0.05, 0) is 6.92 Å². The highest BCUT2D eigenvalue weighted by Gasteiger charge is 2.35. The fraction of sp³-hybridized carbons (Fsp3) is 0.625. The second kappa shape index (κ2) is 3.53. The van der Waals surface area contributed by atoms with Gasteiger partial charge in [-0.1, -0.05) is 13.0 Å². The maximum absolute atomic E-state index is 10.9. The van der Waals surface area contributed by atoms with E-state index in [1.165, 1.54) is 20.1 Å². The van der Waals surface area contributed by atoms with Crippen molar-refractivity contribution in [3.05, 3.63) is 12.7 Å². The van der Waals surface area contributed by atoms with E-state index in [0.717, 1.165) is 0 Å². The molecule has 0 saturated heterocycles. The summed E-state index contributed by atoms with van der Waals surface area (Å²) in [7, 11) is 1.24. The summed E-state index contributed by atoms with van der Waals surface area (Å²) in [6.45, 7) is 6.58. The standard InChI is InChI=1S/C8H14O3/c1-5-6(2)8(3,10)7(9)11-4/h5-6,10H,1H2,2-4H3/t6-,8-/m0/s1. The van der Waals surface area contributed by atoms with Crippen LogP contribution < -0.4 is 0 Å². The summed E-state index contributed by atoms with van der Waals surface area (Å²) in [5.74, 6) is -0.945. The first-order valence-electron chi connectivity index (χ1n) is 3.40. The monoisotopic (exact) mass is 158 g/mol. The molecule has 0 bridgehead atoms. The summed E-state index contributed by atoms with van der Waals surface area (Å²) < 4.78 is 4.40. The maximum Gasteiger partial charge on any atom is 0.338 e. The van der Waals surface area contributed by atoms with E-state index in [0.29, 0.717) is 0 Å². The number of carbonyl (C=O) groups is 1. The molecule has 64 valence electrons. The van der Waals surface area contributed by atoms with Gasteiger partial charge in [0.2, 0.25) is 0 Å². The van der Waals surface area contributed by atoms with E-state index >= 15 is 0 Å². The molecule has 0 radical (unpaired) electrons. The third-order valence-corrected chi connectivity index (χ3v) is 1.84. The lowest BCUT2D eigenvalue weighted by Crippen LogP contribution is -2.41. The molecule has 0 rings (SSSR count). The van der Waals surface area contributed by atoms with Gasteiger partial charge in [0.05, 0.1) is 7.11 Å². The molecule has 0 fully saturated rings. The molecule has 2 atom stereocenters. The molecule has 0 aromatic rings. The lowest BCUT2D eigenvalue weighted by molar-refractivity contribution is -0.163. The Balaban J connectivity index is 4.43. The molecule has 1 N–H and O–H groups in total. The number of hydrogen-bond acceptors (Lipinski definition) is 3. The lowest BCUT2D eigenvalue weighted by Gasteiger charge is -2.24. The van der Waals surface area contributed by atoms with Gasteiger partial charge < -0.3 is 9.84 Å². The minimum absolute atomic E-state index is 0.310. The zero-order chi connectivity index (χ0) is 9.07. The first-order valence-corrected chi connectivity index (χ1v) is 3.40. The number of carbonyl (C=O) groups excluding carboxylic acids is 1. The van der Waals surface area contributed by atoms with Gasteiger partial charge in [0.1, 0.15) is 0 Å². The van der Waals surface area contributed by atoms with Crippen molar-refractivity contribution >= 4 is 5.97 Å². The van der Waals surface area contributed by atoms with Crippen molar-refractivity contribution in [1.29, 1.82) is 0 Å². The normalized spacial score (nSPS) is 18.2. The van der Waals surface area contributed by atoms with Gasteiger partial charge in [-0.15, -0.1) is 6.58 Å². The highest BCUT2D eigenvalue weighted by molar-refractivity contribution is 5.79. The van der Waals surface area contributed by atoms with Crippen LogP contribution in [0, 0.1) is 5.92 Å². The van der Waals surface area contributed by atoms with Crippen molar-refractivity contribution in [3.8, 4) is 0 Å². The van der Waals surface area contributed by atoms with Crippen molar-refractivity contribution in [1.82, 2.24) is 0 Å². The summed E-state index contributed by atoms with van der Waals surface area (Å²) in [6.07, 6.45) is 1.51. The first kappa shape index (κ1) is 10.2. The average molecular weight is 158 g/mol. The Kier molecular flexibility index (Phi) is 3.26. The van der Waals surface area contributed by atoms with Crippen LogP contribution in [-0.4, -0.2) is 23.8 Å². The highest BCUT2D eigenvalue weighted by Crippen LogP contribution is 2.18. The minimum atomic E-state index is -1.46. The molecular weight excluding hydrogens is 144 g/mol. The van der Waals surface area contributed by atoms with Crippen LogP contribution in [0.2, 0.25) is 0 Å². The summed E-state index contributed by atoms with van der Waals surface area (Å²) in [6, 6.07) is 0. The van der Waals surface area contributed by atoms with Crippen LogP contribution in [-0.2, 0) is 9.53 Å². The Morgan fingerprint density at radius 3 is 2.55 bits per heavy atom. The van der Waals surface area contributed by atoms with Crippen molar-refractivity contribution in [2.45, 2.75) is 19.4 Å². The molecule has 0 aliphatic heterocycles. The zero-order valence-corrected chi connectivity index (χ0v) is 7.13. The van der Waals surface area contributed by atoms with Crippen LogP contribution in [0.1, 0.15) is 13.8 Å².